The predicted octanol–water partition coefficient (Wildman–Crippen LogP) is 5.18. The lowest BCUT2D eigenvalue weighted by Gasteiger charge is -2.07. The topological polar surface area (TPSA) is 102 Å². The van der Waals surface area contributed by atoms with E-state index in [1.54, 1.807) is 36.4 Å². The molecule has 8 nitrogen and oxygen atoms in total. The average molecular weight is 501 g/mol. The molecule has 0 atom stereocenters. The number of anilines is 2. The minimum absolute atomic E-state index is 0.220. The molecule has 1 amide bonds. The molecular weight excluding hydrogens is 476 g/mol. The highest BCUT2D eigenvalue weighted by Gasteiger charge is 2.09. The summed E-state index contributed by atoms with van der Waals surface area (Å²) in [7, 11) is 1.29. The van der Waals surface area contributed by atoms with E-state index in [9.17, 15) is 9.59 Å². The van der Waals surface area contributed by atoms with Crippen LogP contribution in [0.3, 0.4) is 0 Å². The molecule has 0 spiro atoms. The fourth-order valence-electron chi connectivity index (χ4n) is 3.16. The second-order valence-corrected chi connectivity index (χ2v) is 8.57. The van der Waals surface area contributed by atoms with E-state index in [4.69, 9.17) is 4.74 Å². The van der Waals surface area contributed by atoms with Crippen molar-refractivity contribution in [3.8, 4) is 17.0 Å². The molecule has 2 N–H and O–H groups in total. The number of hydrogen-bond acceptors (Lipinski definition) is 8. The second-order valence-electron chi connectivity index (χ2n) is 7.71. The van der Waals surface area contributed by atoms with Gasteiger partial charge in [-0.3, -0.25) is 4.79 Å². The molecule has 4 rings (SSSR count). The number of carbonyl (C=O) groups excluding carboxylic acids is 2. The molecule has 4 aromatic rings. The Morgan fingerprint density at radius 1 is 1.03 bits per heavy atom. The zero-order chi connectivity index (χ0) is 25.3. The van der Waals surface area contributed by atoms with Gasteiger partial charge >= 0.3 is 5.97 Å². The third-order valence-corrected chi connectivity index (χ3v) is 5.87. The van der Waals surface area contributed by atoms with Crippen LogP contribution in [-0.2, 0) is 9.53 Å². The summed E-state index contributed by atoms with van der Waals surface area (Å²) in [4.78, 5) is 28.5. The molecule has 36 heavy (non-hydrogen) atoms. The molecule has 0 saturated carbocycles. The Hall–Kier alpha value is -4.50. The number of rotatable bonds is 9. The molecule has 0 fully saturated rings. The van der Waals surface area contributed by atoms with Crippen molar-refractivity contribution in [3.05, 3.63) is 94.9 Å². The van der Waals surface area contributed by atoms with Crippen molar-refractivity contribution in [2.24, 2.45) is 5.10 Å². The van der Waals surface area contributed by atoms with Crippen LogP contribution < -0.4 is 15.5 Å². The lowest BCUT2D eigenvalue weighted by molar-refractivity contribution is -0.142. The molecule has 1 aromatic heterocycles. The summed E-state index contributed by atoms with van der Waals surface area (Å²) in [5, 5.41) is 10.1. The molecule has 3 aromatic carbocycles. The SMILES string of the molecule is COC(=O)COc1ccccc1/C=N\NC(=O)c1ccc(-c2csc(Nc3ccc(C)cc3)n2)cc1. The number of thiazole rings is 1. The van der Waals surface area contributed by atoms with Crippen LogP contribution in [0.1, 0.15) is 21.5 Å². The van der Waals surface area contributed by atoms with Crippen LogP contribution in [0.4, 0.5) is 10.8 Å². The zero-order valence-corrected chi connectivity index (χ0v) is 20.5. The van der Waals surface area contributed by atoms with Crippen molar-refractivity contribution in [2.45, 2.75) is 6.92 Å². The van der Waals surface area contributed by atoms with Gasteiger partial charge in [0.1, 0.15) is 5.75 Å². The minimum Gasteiger partial charge on any atom is -0.481 e. The summed E-state index contributed by atoms with van der Waals surface area (Å²) < 4.78 is 10.0. The Morgan fingerprint density at radius 2 is 1.78 bits per heavy atom. The third kappa shape index (κ3) is 6.55. The monoisotopic (exact) mass is 500 g/mol. The first kappa shape index (κ1) is 24.6. The van der Waals surface area contributed by atoms with Gasteiger partial charge in [-0.15, -0.1) is 11.3 Å². The number of hydrazone groups is 1. The summed E-state index contributed by atoms with van der Waals surface area (Å²) in [6, 6.07) is 22.3. The normalized spacial score (nSPS) is 10.7. The summed E-state index contributed by atoms with van der Waals surface area (Å²) in [5.74, 6) is -0.398. The van der Waals surface area contributed by atoms with Crippen molar-refractivity contribution >= 4 is 40.2 Å². The molecule has 0 unspecified atom stereocenters. The van der Waals surface area contributed by atoms with E-state index < -0.39 is 5.97 Å². The Balaban J connectivity index is 1.35. The van der Waals surface area contributed by atoms with Gasteiger partial charge in [0.05, 0.1) is 19.0 Å². The summed E-state index contributed by atoms with van der Waals surface area (Å²) in [5.41, 5.74) is 7.47. The molecule has 0 bridgehead atoms. The highest BCUT2D eigenvalue weighted by Crippen LogP contribution is 2.27. The van der Waals surface area contributed by atoms with Crippen LogP contribution in [0.25, 0.3) is 11.3 Å². The van der Waals surface area contributed by atoms with E-state index in [1.807, 2.05) is 48.7 Å². The fourth-order valence-corrected chi connectivity index (χ4v) is 3.90. The number of methoxy groups -OCH3 is 1. The minimum atomic E-state index is -0.491. The Morgan fingerprint density at radius 3 is 2.53 bits per heavy atom. The smallest absolute Gasteiger partial charge is 0.343 e. The van der Waals surface area contributed by atoms with E-state index in [2.05, 4.69) is 25.6 Å². The van der Waals surface area contributed by atoms with Gasteiger partial charge in [0, 0.05) is 27.8 Å². The lowest BCUT2D eigenvalue weighted by atomic mass is 10.1. The standard InChI is InChI=1S/C27H24N4O4S/c1-18-7-13-22(14-8-18)29-27-30-23(17-36-27)19-9-11-20(12-10-19)26(33)31-28-15-21-5-3-4-6-24(21)35-16-25(32)34-2/h3-15,17H,16H2,1-2H3,(H,29,30)(H,31,33)/b28-15-. The number of esters is 1. The van der Waals surface area contributed by atoms with Crippen molar-refractivity contribution in [2.75, 3.05) is 19.0 Å². The zero-order valence-electron chi connectivity index (χ0n) is 19.7. The van der Waals surface area contributed by atoms with E-state index >= 15 is 0 Å². The Bertz CT molecular complexity index is 1370. The van der Waals surface area contributed by atoms with E-state index in [-0.39, 0.29) is 12.5 Å². The van der Waals surface area contributed by atoms with Crippen LogP contribution in [0, 0.1) is 6.92 Å². The highest BCUT2D eigenvalue weighted by molar-refractivity contribution is 7.14. The molecule has 0 aliphatic rings. The van der Waals surface area contributed by atoms with Gasteiger partial charge in [0.25, 0.3) is 5.91 Å². The lowest BCUT2D eigenvalue weighted by Crippen LogP contribution is -2.17. The van der Waals surface area contributed by atoms with Gasteiger partial charge < -0.3 is 14.8 Å². The molecular formula is C27H24N4O4S. The van der Waals surface area contributed by atoms with Gasteiger partial charge in [0.2, 0.25) is 0 Å². The van der Waals surface area contributed by atoms with Crippen molar-refractivity contribution in [3.63, 3.8) is 0 Å². The number of carbonyl (C=O) groups is 2. The van der Waals surface area contributed by atoms with E-state index in [0.717, 1.165) is 22.1 Å². The largest absolute Gasteiger partial charge is 0.481 e. The van der Waals surface area contributed by atoms with Gasteiger partial charge in [-0.1, -0.05) is 42.0 Å². The maximum Gasteiger partial charge on any atom is 0.343 e. The van der Waals surface area contributed by atoms with E-state index in [1.165, 1.54) is 30.2 Å². The molecule has 0 aliphatic carbocycles. The van der Waals surface area contributed by atoms with Crippen molar-refractivity contribution in [1.29, 1.82) is 0 Å². The maximum atomic E-state index is 12.5. The van der Waals surface area contributed by atoms with Gasteiger partial charge in [0.15, 0.2) is 11.7 Å². The van der Waals surface area contributed by atoms with Crippen LogP contribution in [0.2, 0.25) is 0 Å². The van der Waals surface area contributed by atoms with Crippen molar-refractivity contribution < 1.29 is 19.1 Å². The van der Waals surface area contributed by atoms with Gasteiger partial charge in [-0.05, 0) is 43.3 Å². The summed E-state index contributed by atoms with van der Waals surface area (Å²) in [6.45, 7) is 1.83. The van der Waals surface area contributed by atoms with Crippen LogP contribution >= 0.6 is 11.3 Å². The van der Waals surface area contributed by atoms with Crippen molar-refractivity contribution in [1.82, 2.24) is 10.4 Å². The average Bonchev–Trinajstić information content (AvgIpc) is 3.37. The van der Waals surface area contributed by atoms with Crippen LogP contribution in [0.5, 0.6) is 5.75 Å². The number of para-hydroxylation sites is 1. The Kier molecular flexibility index (Phi) is 8.05. The predicted molar refractivity (Wildman–Crippen MR) is 141 cm³/mol. The van der Waals surface area contributed by atoms with E-state index in [0.29, 0.717) is 16.9 Å². The number of aromatic nitrogens is 1. The maximum absolute atomic E-state index is 12.5. The molecule has 0 saturated heterocycles. The molecule has 0 aliphatic heterocycles. The number of aryl methyl sites for hydroxylation is 1. The summed E-state index contributed by atoms with van der Waals surface area (Å²) >= 11 is 1.51. The van der Waals surface area contributed by atoms with Crippen LogP contribution in [0.15, 0.2) is 83.3 Å². The summed E-state index contributed by atoms with van der Waals surface area (Å²) in [6.07, 6.45) is 1.46. The van der Waals surface area contributed by atoms with Crippen LogP contribution in [-0.4, -0.2) is 36.8 Å². The Labute approximate surface area is 212 Å². The number of nitrogens with one attached hydrogen (secondary N) is 2. The number of amides is 1. The number of hydrogen-bond donors (Lipinski definition) is 2. The number of ether oxygens (including phenoxy) is 2. The molecule has 1 heterocycles. The van der Waals surface area contributed by atoms with Gasteiger partial charge in [-0.25, -0.2) is 15.2 Å². The molecule has 182 valence electrons. The highest BCUT2D eigenvalue weighted by atomic mass is 32.1. The first-order valence-electron chi connectivity index (χ1n) is 11.0. The molecule has 0 radical (unpaired) electrons. The van der Waals surface area contributed by atoms with Gasteiger partial charge in [-0.2, -0.15) is 5.10 Å². The number of nitrogens with zero attached hydrogens (tertiary/aromatic N) is 2. The first-order valence-corrected chi connectivity index (χ1v) is 11.9. The first-order chi connectivity index (χ1) is 17.5. The third-order valence-electron chi connectivity index (χ3n) is 5.11. The second kappa shape index (κ2) is 11.8. The fraction of sp³-hybridized carbons (Fsp3) is 0.111. The molecule has 9 heteroatoms. The quantitative estimate of drug-likeness (QED) is 0.187. The number of benzene rings is 3.